The third-order valence-corrected chi connectivity index (χ3v) is 4.42. The Bertz CT molecular complexity index is 692. The van der Waals surface area contributed by atoms with Crippen LogP contribution in [-0.2, 0) is 9.53 Å². The van der Waals surface area contributed by atoms with Crippen molar-refractivity contribution in [1.29, 1.82) is 5.26 Å². The summed E-state index contributed by atoms with van der Waals surface area (Å²) < 4.78 is 5.22. The molecule has 2 rings (SSSR count). The van der Waals surface area contributed by atoms with Crippen LogP contribution in [0.15, 0.2) is 53.4 Å². The second-order valence-electron chi connectivity index (χ2n) is 4.75. The molecule has 0 saturated heterocycles. The Morgan fingerprint density at radius 1 is 1.27 bits per heavy atom. The molecule has 4 heteroatoms. The molecular formula is C18H17NO2S. The number of nitrogens with zero attached hydrogens (tertiary/aromatic N) is 1. The molecule has 2 aromatic carbocycles. The number of esters is 1. The summed E-state index contributed by atoms with van der Waals surface area (Å²) in [4.78, 5) is 13.4. The van der Waals surface area contributed by atoms with Gasteiger partial charge in [0.05, 0.1) is 18.2 Å². The standard InChI is InChI=1S/C18H17NO2S/c1-3-21-18(20)17(22-15-7-5-4-6-8-15)16-11-14(12-19)10-9-13(16)2/h4-11,17H,3H2,1-2H3. The second kappa shape index (κ2) is 7.67. The zero-order valence-electron chi connectivity index (χ0n) is 12.6. The van der Waals surface area contributed by atoms with E-state index in [1.54, 1.807) is 19.1 Å². The molecule has 0 spiro atoms. The first-order valence-corrected chi connectivity index (χ1v) is 7.92. The summed E-state index contributed by atoms with van der Waals surface area (Å²) in [5, 5.41) is 8.62. The summed E-state index contributed by atoms with van der Waals surface area (Å²) in [6, 6.07) is 17.2. The van der Waals surface area contributed by atoms with Gasteiger partial charge in [-0.05, 0) is 49.2 Å². The van der Waals surface area contributed by atoms with Crippen molar-refractivity contribution in [1.82, 2.24) is 0 Å². The van der Waals surface area contributed by atoms with Crippen LogP contribution in [0.3, 0.4) is 0 Å². The van der Waals surface area contributed by atoms with Crippen molar-refractivity contribution in [3.05, 3.63) is 65.2 Å². The smallest absolute Gasteiger partial charge is 0.323 e. The van der Waals surface area contributed by atoms with Crippen LogP contribution in [0.25, 0.3) is 0 Å². The highest BCUT2D eigenvalue weighted by Crippen LogP contribution is 2.38. The fourth-order valence-electron chi connectivity index (χ4n) is 2.08. The van der Waals surface area contributed by atoms with Gasteiger partial charge in [0.25, 0.3) is 0 Å². The largest absolute Gasteiger partial charge is 0.465 e. The highest BCUT2D eigenvalue weighted by atomic mass is 32.2. The summed E-state index contributed by atoms with van der Waals surface area (Å²) in [5.74, 6) is -0.283. The minimum absolute atomic E-state index is 0.283. The highest BCUT2D eigenvalue weighted by Gasteiger charge is 2.25. The van der Waals surface area contributed by atoms with Crippen LogP contribution in [0, 0.1) is 18.3 Å². The molecule has 22 heavy (non-hydrogen) atoms. The number of nitriles is 1. The quantitative estimate of drug-likeness (QED) is 0.611. The molecule has 0 bridgehead atoms. The van der Waals surface area contributed by atoms with Crippen LogP contribution >= 0.6 is 11.8 Å². The van der Waals surface area contributed by atoms with E-state index in [4.69, 9.17) is 10.00 Å². The number of hydrogen-bond acceptors (Lipinski definition) is 4. The SMILES string of the molecule is CCOC(=O)C(Sc1ccccc1)c1cc(C#N)ccc1C. The van der Waals surface area contributed by atoms with E-state index in [1.807, 2.05) is 43.3 Å². The maximum atomic E-state index is 12.4. The number of hydrogen-bond donors (Lipinski definition) is 0. The second-order valence-corrected chi connectivity index (χ2v) is 5.92. The van der Waals surface area contributed by atoms with Crippen molar-refractivity contribution in [3.63, 3.8) is 0 Å². The summed E-state index contributed by atoms with van der Waals surface area (Å²) in [6.45, 7) is 4.07. The van der Waals surface area contributed by atoms with Crippen LogP contribution in [0.5, 0.6) is 0 Å². The lowest BCUT2D eigenvalue weighted by Gasteiger charge is -2.18. The number of rotatable bonds is 5. The lowest BCUT2D eigenvalue weighted by Crippen LogP contribution is -2.14. The van der Waals surface area contributed by atoms with Gasteiger partial charge in [0, 0.05) is 4.90 Å². The van der Waals surface area contributed by atoms with E-state index in [0.717, 1.165) is 16.0 Å². The Balaban J connectivity index is 2.40. The first kappa shape index (κ1) is 16.1. The van der Waals surface area contributed by atoms with Gasteiger partial charge in [0.15, 0.2) is 0 Å². The number of carbonyl (C=O) groups is 1. The molecule has 112 valence electrons. The van der Waals surface area contributed by atoms with Crippen LogP contribution in [0.2, 0.25) is 0 Å². The van der Waals surface area contributed by atoms with Crippen molar-refractivity contribution in [2.45, 2.75) is 24.0 Å². The molecule has 1 atom stereocenters. The van der Waals surface area contributed by atoms with Crippen molar-refractivity contribution in [2.24, 2.45) is 0 Å². The predicted molar refractivity (Wildman–Crippen MR) is 87.6 cm³/mol. The van der Waals surface area contributed by atoms with Crippen LogP contribution < -0.4 is 0 Å². The van der Waals surface area contributed by atoms with Gasteiger partial charge in [0.1, 0.15) is 5.25 Å². The summed E-state index contributed by atoms with van der Waals surface area (Å²) >= 11 is 1.44. The number of carbonyl (C=O) groups excluding carboxylic acids is 1. The van der Waals surface area contributed by atoms with Gasteiger partial charge < -0.3 is 4.74 Å². The van der Waals surface area contributed by atoms with E-state index >= 15 is 0 Å². The molecule has 0 aliphatic carbocycles. The van der Waals surface area contributed by atoms with Gasteiger partial charge >= 0.3 is 5.97 Å². The van der Waals surface area contributed by atoms with Crippen LogP contribution in [0.1, 0.15) is 28.9 Å². The molecule has 0 saturated carbocycles. The molecule has 0 radical (unpaired) electrons. The molecule has 2 aromatic rings. The van der Waals surface area contributed by atoms with Crippen LogP contribution in [0.4, 0.5) is 0 Å². The first-order valence-electron chi connectivity index (χ1n) is 7.04. The Hall–Kier alpha value is -2.25. The maximum absolute atomic E-state index is 12.4. The minimum Gasteiger partial charge on any atom is -0.465 e. The summed E-state index contributed by atoms with van der Waals surface area (Å²) in [6.07, 6.45) is 0. The zero-order chi connectivity index (χ0) is 15.9. The maximum Gasteiger partial charge on any atom is 0.323 e. The molecule has 0 aromatic heterocycles. The molecule has 1 unspecified atom stereocenters. The van der Waals surface area contributed by atoms with E-state index in [-0.39, 0.29) is 5.97 Å². The monoisotopic (exact) mass is 311 g/mol. The van der Waals surface area contributed by atoms with E-state index in [2.05, 4.69) is 6.07 Å². The van der Waals surface area contributed by atoms with Gasteiger partial charge in [-0.3, -0.25) is 4.79 Å². The predicted octanol–water partition coefficient (Wildman–Crippen LogP) is 4.26. The Labute approximate surface area is 134 Å². The van der Waals surface area contributed by atoms with Gasteiger partial charge in [-0.25, -0.2) is 0 Å². The number of thioether (sulfide) groups is 1. The molecule has 0 N–H and O–H groups in total. The van der Waals surface area contributed by atoms with E-state index in [0.29, 0.717) is 12.2 Å². The molecule has 0 aliphatic heterocycles. The lowest BCUT2D eigenvalue weighted by atomic mass is 10.0. The highest BCUT2D eigenvalue weighted by molar-refractivity contribution is 8.00. The van der Waals surface area contributed by atoms with E-state index in [9.17, 15) is 4.79 Å². The van der Waals surface area contributed by atoms with E-state index in [1.165, 1.54) is 11.8 Å². The third-order valence-electron chi connectivity index (χ3n) is 3.19. The van der Waals surface area contributed by atoms with Crippen molar-refractivity contribution < 1.29 is 9.53 Å². The molecule has 0 aliphatic rings. The van der Waals surface area contributed by atoms with Gasteiger partial charge in [-0.2, -0.15) is 5.26 Å². The average molecular weight is 311 g/mol. The summed E-state index contributed by atoms with van der Waals surface area (Å²) in [7, 11) is 0. The lowest BCUT2D eigenvalue weighted by molar-refractivity contribution is -0.142. The normalized spacial score (nSPS) is 11.5. The topological polar surface area (TPSA) is 50.1 Å². The fraction of sp³-hybridized carbons (Fsp3) is 0.222. The van der Waals surface area contributed by atoms with Gasteiger partial charge in [0.2, 0.25) is 0 Å². The summed E-state index contributed by atoms with van der Waals surface area (Å²) in [5.41, 5.74) is 2.34. The van der Waals surface area contributed by atoms with Crippen LogP contribution in [-0.4, -0.2) is 12.6 Å². The molecule has 3 nitrogen and oxygen atoms in total. The number of aryl methyl sites for hydroxylation is 1. The number of ether oxygens (including phenoxy) is 1. The van der Waals surface area contributed by atoms with Gasteiger partial charge in [-0.15, -0.1) is 11.8 Å². The molecule has 0 heterocycles. The minimum atomic E-state index is -0.476. The number of benzene rings is 2. The first-order chi connectivity index (χ1) is 10.7. The van der Waals surface area contributed by atoms with Crippen molar-refractivity contribution >= 4 is 17.7 Å². The van der Waals surface area contributed by atoms with E-state index < -0.39 is 5.25 Å². The van der Waals surface area contributed by atoms with Gasteiger partial charge in [-0.1, -0.05) is 24.3 Å². The molecular weight excluding hydrogens is 294 g/mol. The Kier molecular flexibility index (Phi) is 5.62. The Morgan fingerprint density at radius 2 is 2.00 bits per heavy atom. The molecule has 0 fully saturated rings. The fourth-order valence-corrected chi connectivity index (χ4v) is 3.22. The third kappa shape index (κ3) is 3.90. The molecule has 0 amide bonds. The average Bonchev–Trinajstić information content (AvgIpc) is 2.54. The Morgan fingerprint density at radius 3 is 2.64 bits per heavy atom. The zero-order valence-corrected chi connectivity index (χ0v) is 13.4. The van der Waals surface area contributed by atoms with Crippen molar-refractivity contribution in [3.8, 4) is 6.07 Å². The van der Waals surface area contributed by atoms with Crippen molar-refractivity contribution in [2.75, 3.05) is 6.61 Å².